The Balaban J connectivity index is 1.63. The fourth-order valence-corrected chi connectivity index (χ4v) is 3.56. The van der Waals surface area contributed by atoms with E-state index < -0.39 is 11.6 Å². The smallest absolute Gasteiger partial charge is 0.325 e. The van der Waals surface area contributed by atoms with Gasteiger partial charge in [-0.1, -0.05) is 25.5 Å². The molecule has 0 saturated carbocycles. The normalized spacial score (nSPS) is 19.2. The molecule has 1 aromatic rings. The van der Waals surface area contributed by atoms with Crippen LogP contribution in [0.1, 0.15) is 44.6 Å². The van der Waals surface area contributed by atoms with Gasteiger partial charge >= 0.3 is 6.03 Å². The first-order chi connectivity index (χ1) is 12.4. The van der Waals surface area contributed by atoms with Gasteiger partial charge in [0.25, 0.3) is 5.91 Å². The Labute approximate surface area is 152 Å². The number of benzene rings is 1. The molecular formula is C19H24FN3O3. The topological polar surface area (TPSA) is 69.7 Å². The molecule has 0 bridgehead atoms. The minimum Gasteiger partial charge on any atom is -0.342 e. The Morgan fingerprint density at radius 2 is 1.85 bits per heavy atom. The number of rotatable bonds is 5. The van der Waals surface area contributed by atoms with Gasteiger partial charge in [-0.2, -0.15) is 0 Å². The van der Waals surface area contributed by atoms with Crippen molar-refractivity contribution in [2.24, 2.45) is 0 Å². The lowest BCUT2D eigenvalue weighted by Gasteiger charge is -2.37. The molecule has 2 aliphatic rings. The molecule has 2 fully saturated rings. The van der Waals surface area contributed by atoms with E-state index in [4.69, 9.17) is 0 Å². The number of nitrogens with zero attached hydrogens (tertiary/aromatic N) is 2. The number of hydrogen-bond acceptors (Lipinski definition) is 3. The predicted molar refractivity (Wildman–Crippen MR) is 93.6 cm³/mol. The summed E-state index contributed by atoms with van der Waals surface area (Å²) in [4.78, 5) is 40.3. The van der Waals surface area contributed by atoms with Gasteiger partial charge in [0.1, 0.15) is 11.4 Å². The third-order valence-electron chi connectivity index (χ3n) is 5.21. The lowest BCUT2D eigenvalue weighted by Crippen LogP contribution is -2.55. The number of halogens is 1. The molecule has 2 aliphatic heterocycles. The van der Waals surface area contributed by atoms with Gasteiger partial charge in [-0.15, -0.1) is 0 Å². The third kappa shape index (κ3) is 3.57. The van der Waals surface area contributed by atoms with Crippen LogP contribution in [0.3, 0.4) is 0 Å². The van der Waals surface area contributed by atoms with Gasteiger partial charge in [0.2, 0.25) is 5.91 Å². The van der Waals surface area contributed by atoms with E-state index in [1.54, 1.807) is 17.0 Å². The van der Waals surface area contributed by atoms with E-state index in [-0.39, 0.29) is 24.2 Å². The molecule has 4 amide bonds. The number of urea groups is 1. The van der Waals surface area contributed by atoms with Gasteiger partial charge in [0, 0.05) is 19.5 Å². The highest BCUT2D eigenvalue weighted by atomic mass is 19.1. The van der Waals surface area contributed by atoms with Crippen molar-refractivity contribution in [2.75, 3.05) is 13.1 Å². The molecule has 1 spiro atoms. The molecule has 2 heterocycles. The highest BCUT2D eigenvalue weighted by Gasteiger charge is 2.52. The summed E-state index contributed by atoms with van der Waals surface area (Å²) in [6.07, 6.45) is 3.21. The molecule has 1 N–H and O–H groups in total. The lowest BCUT2D eigenvalue weighted by atomic mass is 9.87. The lowest BCUT2D eigenvalue weighted by molar-refractivity contribution is -0.138. The van der Waals surface area contributed by atoms with Crippen LogP contribution in [0.2, 0.25) is 0 Å². The summed E-state index contributed by atoms with van der Waals surface area (Å²) >= 11 is 0. The maximum absolute atomic E-state index is 13.0. The van der Waals surface area contributed by atoms with E-state index in [1.807, 2.05) is 6.92 Å². The Morgan fingerprint density at radius 3 is 2.46 bits per heavy atom. The molecule has 2 saturated heterocycles. The zero-order valence-corrected chi connectivity index (χ0v) is 15.0. The molecule has 7 heteroatoms. The number of piperidine rings is 1. The summed E-state index contributed by atoms with van der Waals surface area (Å²) < 4.78 is 13.0. The summed E-state index contributed by atoms with van der Waals surface area (Å²) in [5, 5.41) is 2.83. The van der Waals surface area contributed by atoms with Crippen molar-refractivity contribution in [3.63, 3.8) is 0 Å². The zero-order valence-electron chi connectivity index (χ0n) is 15.0. The van der Waals surface area contributed by atoms with Crippen molar-refractivity contribution in [2.45, 2.75) is 51.1 Å². The monoisotopic (exact) mass is 361 g/mol. The fraction of sp³-hybridized carbons (Fsp3) is 0.526. The van der Waals surface area contributed by atoms with Gasteiger partial charge in [-0.05, 0) is 37.0 Å². The quantitative estimate of drug-likeness (QED) is 0.819. The first kappa shape index (κ1) is 18.4. The Hall–Kier alpha value is -2.44. The summed E-state index contributed by atoms with van der Waals surface area (Å²) in [5.74, 6) is -0.503. The molecule has 0 atom stereocenters. The van der Waals surface area contributed by atoms with Crippen LogP contribution in [-0.4, -0.2) is 46.3 Å². The molecule has 0 unspecified atom stereocenters. The van der Waals surface area contributed by atoms with Gasteiger partial charge < -0.3 is 10.2 Å². The SMILES string of the molecule is CCCCC(=O)N1CCC2(CC1)NC(=O)N(Cc1ccc(F)cc1)C2=O. The summed E-state index contributed by atoms with van der Waals surface area (Å²) in [6, 6.07) is 5.32. The molecule has 0 aromatic heterocycles. The van der Waals surface area contributed by atoms with Crippen LogP contribution < -0.4 is 5.32 Å². The molecule has 26 heavy (non-hydrogen) atoms. The number of imide groups is 1. The predicted octanol–water partition coefficient (Wildman–Crippen LogP) is 2.43. The summed E-state index contributed by atoms with van der Waals surface area (Å²) in [7, 11) is 0. The molecule has 0 radical (unpaired) electrons. The van der Waals surface area contributed by atoms with Crippen molar-refractivity contribution in [3.8, 4) is 0 Å². The molecule has 0 aliphatic carbocycles. The van der Waals surface area contributed by atoms with E-state index in [2.05, 4.69) is 5.32 Å². The maximum atomic E-state index is 13.0. The largest absolute Gasteiger partial charge is 0.342 e. The van der Waals surface area contributed by atoms with Gasteiger partial charge in [-0.25, -0.2) is 9.18 Å². The molecule has 1 aromatic carbocycles. The molecule has 140 valence electrons. The van der Waals surface area contributed by atoms with E-state index in [0.29, 0.717) is 37.9 Å². The fourth-order valence-electron chi connectivity index (χ4n) is 3.56. The van der Waals surface area contributed by atoms with E-state index in [9.17, 15) is 18.8 Å². The first-order valence-electron chi connectivity index (χ1n) is 9.11. The van der Waals surface area contributed by atoms with E-state index in [0.717, 1.165) is 12.8 Å². The molecule has 6 nitrogen and oxygen atoms in total. The van der Waals surface area contributed by atoms with Crippen molar-refractivity contribution in [3.05, 3.63) is 35.6 Å². The Bertz CT molecular complexity index is 696. The second kappa shape index (κ2) is 7.43. The minimum atomic E-state index is -0.918. The number of carbonyl (C=O) groups excluding carboxylic acids is 3. The number of carbonyl (C=O) groups is 3. The highest BCUT2D eigenvalue weighted by molar-refractivity contribution is 6.07. The van der Waals surface area contributed by atoms with Crippen LogP contribution in [0.4, 0.5) is 9.18 Å². The minimum absolute atomic E-state index is 0.113. The number of hydrogen-bond donors (Lipinski definition) is 1. The molecule has 3 rings (SSSR count). The number of likely N-dealkylation sites (tertiary alicyclic amines) is 1. The second-order valence-corrected chi connectivity index (χ2v) is 7.01. The van der Waals surface area contributed by atoms with Gasteiger partial charge in [0.15, 0.2) is 0 Å². The van der Waals surface area contributed by atoms with Crippen LogP contribution in [-0.2, 0) is 16.1 Å². The van der Waals surface area contributed by atoms with Crippen LogP contribution in [0, 0.1) is 5.82 Å². The van der Waals surface area contributed by atoms with Crippen LogP contribution >= 0.6 is 0 Å². The van der Waals surface area contributed by atoms with Crippen molar-refractivity contribution < 1.29 is 18.8 Å². The van der Waals surface area contributed by atoms with Crippen LogP contribution in [0.25, 0.3) is 0 Å². The van der Waals surface area contributed by atoms with E-state index in [1.165, 1.54) is 17.0 Å². The van der Waals surface area contributed by atoms with Gasteiger partial charge in [0.05, 0.1) is 6.54 Å². The number of amides is 4. The maximum Gasteiger partial charge on any atom is 0.325 e. The standard InChI is InChI=1S/C19H24FN3O3/c1-2-3-4-16(24)22-11-9-19(10-12-22)17(25)23(18(26)21-19)13-14-5-7-15(20)8-6-14/h5-8H,2-4,9-13H2,1H3,(H,21,26). The second-order valence-electron chi connectivity index (χ2n) is 7.01. The Morgan fingerprint density at radius 1 is 1.19 bits per heavy atom. The van der Waals surface area contributed by atoms with Crippen molar-refractivity contribution >= 4 is 17.8 Å². The van der Waals surface area contributed by atoms with Gasteiger partial charge in [-0.3, -0.25) is 14.5 Å². The average molecular weight is 361 g/mol. The zero-order chi connectivity index (χ0) is 18.7. The summed E-state index contributed by atoms with van der Waals surface area (Å²) in [6.45, 7) is 3.10. The van der Waals surface area contributed by atoms with Crippen molar-refractivity contribution in [1.29, 1.82) is 0 Å². The van der Waals surface area contributed by atoms with Crippen LogP contribution in [0.15, 0.2) is 24.3 Å². The molecular weight excluding hydrogens is 337 g/mol. The highest BCUT2D eigenvalue weighted by Crippen LogP contribution is 2.30. The first-order valence-corrected chi connectivity index (χ1v) is 9.11. The number of nitrogens with one attached hydrogen (secondary N) is 1. The van der Waals surface area contributed by atoms with E-state index >= 15 is 0 Å². The van der Waals surface area contributed by atoms with Crippen LogP contribution in [0.5, 0.6) is 0 Å². The third-order valence-corrected chi connectivity index (χ3v) is 5.21. The summed E-state index contributed by atoms with van der Waals surface area (Å²) in [5.41, 5.74) is -0.224. The average Bonchev–Trinajstić information content (AvgIpc) is 2.86. The van der Waals surface area contributed by atoms with Crippen molar-refractivity contribution in [1.82, 2.24) is 15.1 Å². The number of unbranched alkanes of at least 4 members (excludes halogenated alkanes) is 1. The Kier molecular flexibility index (Phi) is 5.25.